The van der Waals surface area contributed by atoms with Gasteiger partial charge in [0.2, 0.25) is 0 Å². The van der Waals surface area contributed by atoms with Gasteiger partial charge in [0, 0.05) is 44.1 Å². The third kappa shape index (κ3) is 2.79. The van der Waals surface area contributed by atoms with Crippen molar-refractivity contribution < 1.29 is 9.90 Å². The van der Waals surface area contributed by atoms with Crippen LogP contribution in [0.15, 0.2) is 18.3 Å². The number of piperazine rings is 1. The number of pyridine rings is 1. The van der Waals surface area contributed by atoms with Gasteiger partial charge in [-0.3, -0.25) is 4.90 Å². The standard InChI is InChI=1S/C13H19N3O2/c1-10(2)15-5-7-16(8-6-15)11-3-4-14-12(9-11)13(17)18/h3-4,9-10H,5-8H2,1-2H3,(H,17,18). The smallest absolute Gasteiger partial charge is 0.354 e. The van der Waals surface area contributed by atoms with E-state index in [1.807, 2.05) is 6.07 Å². The van der Waals surface area contributed by atoms with Gasteiger partial charge in [0.1, 0.15) is 5.69 Å². The maximum Gasteiger partial charge on any atom is 0.354 e. The Labute approximate surface area is 107 Å². The van der Waals surface area contributed by atoms with Gasteiger partial charge in [0.15, 0.2) is 0 Å². The lowest BCUT2D eigenvalue weighted by molar-refractivity contribution is 0.0690. The molecule has 0 radical (unpaired) electrons. The Kier molecular flexibility index (Phi) is 3.81. The lowest BCUT2D eigenvalue weighted by Gasteiger charge is -2.38. The third-order valence-electron chi connectivity index (χ3n) is 3.37. The highest BCUT2D eigenvalue weighted by atomic mass is 16.4. The summed E-state index contributed by atoms with van der Waals surface area (Å²) in [6.07, 6.45) is 1.56. The fourth-order valence-corrected chi connectivity index (χ4v) is 2.23. The SMILES string of the molecule is CC(C)N1CCN(c2ccnc(C(=O)O)c2)CC1. The number of anilines is 1. The predicted molar refractivity (Wildman–Crippen MR) is 70.1 cm³/mol. The number of carboxylic acids is 1. The molecule has 0 saturated carbocycles. The van der Waals surface area contributed by atoms with Crippen LogP contribution in [0.5, 0.6) is 0 Å². The Morgan fingerprint density at radius 3 is 2.56 bits per heavy atom. The maximum absolute atomic E-state index is 10.9. The van der Waals surface area contributed by atoms with E-state index in [1.165, 1.54) is 0 Å². The summed E-state index contributed by atoms with van der Waals surface area (Å²) in [6, 6.07) is 4.09. The molecule has 5 heteroatoms. The molecule has 0 amide bonds. The van der Waals surface area contributed by atoms with E-state index < -0.39 is 5.97 Å². The first kappa shape index (κ1) is 12.8. The van der Waals surface area contributed by atoms with Crippen molar-refractivity contribution in [3.63, 3.8) is 0 Å². The van der Waals surface area contributed by atoms with Crippen LogP contribution in [0.25, 0.3) is 0 Å². The van der Waals surface area contributed by atoms with E-state index in [4.69, 9.17) is 5.11 Å². The van der Waals surface area contributed by atoms with E-state index in [0.29, 0.717) is 6.04 Å². The number of carbonyl (C=O) groups is 1. The molecule has 98 valence electrons. The van der Waals surface area contributed by atoms with E-state index in [0.717, 1.165) is 31.9 Å². The normalized spacial score (nSPS) is 17.2. The topological polar surface area (TPSA) is 56.7 Å². The summed E-state index contributed by atoms with van der Waals surface area (Å²) in [5.41, 5.74) is 1.06. The second-order valence-corrected chi connectivity index (χ2v) is 4.82. The van der Waals surface area contributed by atoms with Crippen molar-refractivity contribution in [1.29, 1.82) is 0 Å². The molecule has 1 N–H and O–H groups in total. The first-order valence-corrected chi connectivity index (χ1v) is 6.26. The molecular formula is C13H19N3O2. The van der Waals surface area contributed by atoms with Gasteiger partial charge in [-0.05, 0) is 26.0 Å². The van der Waals surface area contributed by atoms with Crippen LogP contribution in [0.3, 0.4) is 0 Å². The summed E-state index contributed by atoms with van der Waals surface area (Å²) < 4.78 is 0. The number of nitrogens with zero attached hydrogens (tertiary/aromatic N) is 3. The van der Waals surface area contributed by atoms with E-state index in [9.17, 15) is 4.79 Å². The van der Waals surface area contributed by atoms with Crippen LogP contribution in [0.1, 0.15) is 24.3 Å². The van der Waals surface area contributed by atoms with Crippen molar-refractivity contribution in [3.05, 3.63) is 24.0 Å². The van der Waals surface area contributed by atoms with Crippen molar-refractivity contribution >= 4 is 11.7 Å². The first-order chi connectivity index (χ1) is 8.58. The van der Waals surface area contributed by atoms with Crippen molar-refractivity contribution in [2.45, 2.75) is 19.9 Å². The van der Waals surface area contributed by atoms with Gasteiger partial charge < -0.3 is 10.0 Å². The molecule has 0 aliphatic carbocycles. The molecule has 0 spiro atoms. The highest BCUT2D eigenvalue weighted by Crippen LogP contribution is 2.17. The Balaban J connectivity index is 2.05. The second-order valence-electron chi connectivity index (χ2n) is 4.82. The molecule has 2 heterocycles. The number of hydrogen-bond acceptors (Lipinski definition) is 4. The molecule has 1 aliphatic rings. The van der Waals surface area contributed by atoms with E-state index in [2.05, 4.69) is 28.6 Å². The summed E-state index contributed by atoms with van der Waals surface area (Å²) in [5.74, 6) is -0.974. The van der Waals surface area contributed by atoms with Crippen LogP contribution in [0.4, 0.5) is 5.69 Å². The highest BCUT2D eigenvalue weighted by Gasteiger charge is 2.19. The van der Waals surface area contributed by atoms with Crippen LogP contribution < -0.4 is 4.90 Å². The maximum atomic E-state index is 10.9. The lowest BCUT2D eigenvalue weighted by atomic mass is 10.2. The van der Waals surface area contributed by atoms with Crippen molar-refractivity contribution in [2.24, 2.45) is 0 Å². The van der Waals surface area contributed by atoms with Gasteiger partial charge in [-0.15, -0.1) is 0 Å². The molecule has 1 aromatic rings. The molecule has 5 nitrogen and oxygen atoms in total. The van der Waals surface area contributed by atoms with Gasteiger partial charge >= 0.3 is 5.97 Å². The molecule has 2 rings (SSSR count). The summed E-state index contributed by atoms with van der Waals surface area (Å²) in [5, 5.41) is 8.93. The van der Waals surface area contributed by atoms with Gasteiger partial charge in [-0.25, -0.2) is 9.78 Å². The zero-order chi connectivity index (χ0) is 13.1. The quantitative estimate of drug-likeness (QED) is 0.875. The number of hydrogen-bond donors (Lipinski definition) is 1. The minimum absolute atomic E-state index is 0.110. The van der Waals surface area contributed by atoms with Crippen LogP contribution in [0.2, 0.25) is 0 Å². The molecule has 1 fully saturated rings. The molecule has 1 saturated heterocycles. The number of rotatable bonds is 3. The molecule has 0 aromatic carbocycles. The van der Waals surface area contributed by atoms with E-state index >= 15 is 0 Å². The third-order valence-corrected chi connectivity index (χ3v) is 3.37. The monoisotopic (exact) mass is 249 g/mol. The fraction of sp³-hybridized carbons (Fsp3) is 0.538. The zero-order valence-electron chi connectivity index (χ0n) is 10.8. The fourth-order valence-electron chi connectivity index (χ4n) is 2.23. The lowest BCUT2D eigenvalue weighted by Crippen LogP contribution is -2.48. The molecule has 0 atom stereocenters. The second kappa shape index (κ2) is 5.35. The Bertz CT molecular complexity index is 426. The molecule has 1 aliphatic heterocycles. The zero-order valence-corrected chi connectivity index (χ0v) is 10.8. The van der Waals surface area contributed by atoms with Crippen LogP contribution in [-0.4, -0.2) is 53.2 Å². The van der Waals surface area contributed by atoms with Gasteiger partial charge in [-0.1, -0.05) is 0 Å². The van der Waals surface area contributed by atoms with Crippen molar-refractivity contribution in [1.82, 2.24) is 9.88 Å². The van der Waals surface area contributed by atoms with Crippen LogP contribution >= 0.6 is 0 Å². The number of aromatic nitrogens is 1. The van der Waals surface area contributed by atoms with E-state index in [-0.39, 0.29) is 5.69 Å². The van der Waals surface area contributed by atoms with Gasteiger partial charge in [0.25, 0.3) is 0 Å². The largest absolute Gasteiger partial charge is 0.477 e. The summed E-state index contributed by atoms with van der Waals surface area (Å²) in [6.45, 7) is 8.29. The van der Waals surface area contributed by atoms with Gasteiger partial charge in [0.05, 0.1) is 0 Å². The Morgan fingerprint density at radius 2 is 2.00 bits per heavy atom. The summed E-state index contributed by atoms with van der Waals surface area (Å²) >= 11 is 0. The molecule has 0 unspecified atom stereocenters. The predicted octanol–water partition coefficient (Wildman–Crippen LogP) is 1.31. The number of carboxylic acid groups (broad SMARTS) is 1. The van der Waals surface area contributed by atoms with E-state index in [1.54, 1.807) is 12.3 Å². The summed E-state index contributed by atoms with van der Waals surface area (Å²) in [7, 11) is 0. The highest BCUT2D eigenvalue weighted by molar-refractivity contribution is 5.86. The average molecular weight is 249 g/mol. The molecular weight excluding hydrogens is 230 g/mol. The minimum Gasteiger partial charge on any atom is -0.477 e. The van der Waals surface area contributed by atoms with Gasteiger partial charge in [-0.2, -0.15) is 0 Å². The molecule has 1 aromatic heterocycles. The van der Waals surface area contributed by atoms with Crippen LogP contribution in [0, 0.1) is 0 Å². The number of aromatic carboxylic acids is 1. The van der Waals surface area contributed by atoms with Crippen molar-refractivity contribution in [2.75, 3.05) is 31.1 Å². The summed E-state index contributed by atoms with van der Waals surface area (Å²) in [4.78, 5) is 19.4. The van der Waals surface area contributed by atoms with Crippen LogP contribution in [-0.2, 0) is 0 Å². The minimum atomic E-state index is -0.974. The Morgan fingerprint density at radius 1 is 1.33 bits per heavy atom. The molecule has 0 bridgehead atoms. The first-order valence-electron chi connectivity index (χ1n) is 6.26. The van der Waals surface area contributed by atoms with Crippen molar-refractivity contribution in [3.8, 4) is 0 Å². The molecule has 18 heavy (non-hydrogen) atoms. The Hall–Kier alpha value is -1.62. The average Bonchev–Trinajstić information content (AvgIpc) is 2.39.